The summed E-state index contributed by atoms with van der Waals surface area (Å²) in [7, 11) is 0. The first kappa shape index (κ1) is 33.8. The van der Waals surface area contributed by atoms with E-state index in [4.69, 9.17) is 15.0 Å². The van der Waals surface area contributed by atoms with Gasteiger partial charge in [0.15, 0.2) is 17.5 Å². The van der Waals surface area contributed by atoms with Crippen LogP contribution >= 0.6 is 0 Å². The Kier molecular flexibility index (Phi) is 8.99. The average Bonchev–Trinajstić information content (AvgIpc) is 3.08. The fourth-order valence-electron chi connectivity index (χ4n) is 8.03. The summed E-state index contributed by atoms with van der Waals surface area (Å²) in [5.41, 5.74) is 21.8. The van der Waals surface area contributed by atoms with Gasteiger partial charge in [-0.3, -0.25) is 0 Å². The second kappa shape index (κ2) is 13.6. The third-order valence-electron chi connectivity index (χ3n) is 9.96. The maximum Gasteiger partial charge on any atom is 0.164 e. The molecule has 0 atom stereocenters. The van der Waals surface area contributed by atoms with Crippen LogP contribution in [0.2, 0.25) is 0 Å². The number of rotatable bonds is 6. The fraction of sp³-hybridized carbons (Fsp3) is 0.188. The minimum Gasteiger partial charge on any atom is -0.208 e. The smallest absolute Gasteiger partial charge is 0.164 e. The van der Waals surface area contributed by atoms with Gasteiger partial charge >= 0.3 is 0 Å². The van der Waals surface area contributed by atoms with Gasteiger partial charge in [0.05, 0.1) is 0 Å². The Labute approximate surface area is 303 Å². The zero-order chi connectivity index (χ0) is 36.0. The van der Waals surface area contributed by atoms with Crippen molar-refractivity contribution < 1.29 is 0 Å². The molecule has 0 aliphatic heterocycles. The molecule has 6 aromatic carbocycles. The molecule has 51 heavy (non-hydrogen) atoms. The molecule has 7 aromatic rings. The van der Waals surface area contributed by atoms with Crippen LogP contribution in [0.5, 0.6) is 0 Å². The Balaban J connectivity index is 1.31. The van der Waals surface area contributed by atoms with E-state index in [-0.39, 0.29) is 0 Å². The van der Waals surface area contributed by atoms with E-state index in [0.29, 0.717) is 17.5 Å². The van der Waals surface area contributed by atoms with E-state index in [2.05, 4.69) is 172 Å². The molecule has 7 rings (SSSR count). The second-order valence-corrected chi connectivity index (χ2v) is 14.4. The topological polar surface area (TPSA) is 38.7 Å². The average molecular weight is 664 g/mol. The minimum atomic E-state index is 0.655. The van der Waals surface area contributed by atoms with Crippen LogP contribution in [-0.4, -0.2) is 15.0 Å². The molecule has 0 bridgehead atoms. The molecule has 0 amide bonds. The Morgan fingerprint density at radius 1 is 0.255 bits per heavy atom. The van der Waals surface area contributed by atoms with E-state index in [1.165, 1.54) is 83.5 Å². The van der Waals surface area contributed by atoms with E-state index in [9.17, 15) is 0 Å². The lowest BCUT2D eigenvalue weighted by molar-refractivity contribution is 1.07. The largest absolute Gasteiger partial charge is 0.208 e. The monoisotopic (exact) mass is 663 g/mol. The lowest BCUT2D eigenvalue weighted by Crippen LogP contribution is -2.00. The van der Waals surface area contributed by atoms with Crippen molar-refractivity contribution >= 4 is 0 Å². The van der Waals surface area contributed by atoms with Crippen molar-refractivity contribution in [2.75, 3.05) is 0 Å². The molecule has 0 unspecified atom stereocenters. The third-order valence-corrected chi connectivity index (χ3v) is 9.96. The molecule has 1 heterocycles. The first-order valence-electron chi connectivity index (χ1n) is 17.8. The SMILES string of the molecule is Cc1cc(C)c(-c2ccc(-c3nc(-c4ccc(-c5c(C)cc(C)cc5C)cc4)nc(-c4ccc(-c5c(C)cc(C)cc5C)cc4)n3)cc2)c(C)c1. The Bertz CT molecular complexity index is 2060. The quantitative estimate of drug-likeness (QED) is 0.178. The lowest BCUT2D eigenvalue weighted by atomic mass is 9.93. The Morgan fingerprint density at radius 2 is 0.431 bits per heavy atom. The van der Waals surface area contributed by atoms with Crippen molar-refractivity contribution in [2.24, 2.45) is 0 Å². The zero-order valence-electron chi connectivity index (χ0n) is 31.2. The highest BCUT2D eigenvalue weighted by molar-refractivity contribution is 5.77. The van der Waals surface area contributed by atoms with E-state index in [1.807, 2.05) is 0 Å². The summed E-state index contributed by atoms with van der Waals surface area (Å²) in [6, 6.07) is 39.4. The molecule has 1 aromatic heterocycles. The Morgan fingerprint density at radius 3 is 0.627 bits per heavy atom. The van der Waals surface area contributed by atoms with Gasteiger partial charge in [-0.2, -0.15) is 0 Å². The first-order chi connectivity index (χ1) is 24.4. The van der Waals surface area contributed by atoms with E-state index >= 15 is 0 Å². The van der Waals surface area contributed by atoms with Gasteiger partial charge < -0.3 is 0 Å². The van der Waals surface area contributed by atoms with Crippen LogP contribution in [0.15, 0.2) is 109 Å². The van der Waals surface area contributed by atoms with Gasteiger partial charge in [0.2, 0.25) is 0 Å². The molecule has 0 aliphatic rings. The van der Waals surface area contributed by atoms with E-state index in [1.54, 1.807) is 0 Å². The van der Waals surface area contributed by atoms with Gasteiger partial charge in [-0.25, -0.2) is 15.0 Å². The predicted octanol–water partition coefficient (Wildman–Crippen LogP) is 12.6. The molecule has 0 saturated heterocycles. The number of benzene rings is 6. The summed E-state index contributed by atoms with van der Waals surface area (Å²) < 4.78 is 0. The van der Waals surface area contributed by atoms with Crippen molar-refractivity contribution in [3.8, 4) is 67.5 Å². The number of aryl methyl sites for hydroxylation is 9. The molecule has 0 saturated carbocycles. The molecule has 0 spiro atoms. The van der Waals surface area contributed by atoms with Crippen LogP contribution < -0.4 is 0 Å². The van der Waals surface area contributed by atoms with Crippen molar-refractivity contribution in [3.63, 3.8) is 0 Å². The molecule has 0 aliphatic carbocycles. The fourth-order valence-corrected chi connectivity index (χ4v) is 8.03. The first-order valence-corrected chi connectivity index (χ1v) is 17.8. The molecule has 3 heteroatoms. The Hall–Kier alpha value is -5.67. The zero-order valence-corrected chi connectivity index (χ0v) is 31.2. The standard InChI is InChI=1S/C48H45N3/c1-28-22-31(4)43(32(5)23-28)37-10-16-40(17-11-37)46-49-47(41-18-12-38(13-19-41)44-33(6)24-29(2)25-34(44)7)51-48(50-46)42-20-14-39(15-21-42)45-35(8)26-30(3)27-36(45)9/h10-27H,1-9H3. The summed E-state index contributed by atoms with van der Waals surface area (Å²) in [6.45, 7) is 19.6. The van der Waals surface area contributed by atoms with Gasteiger partial charge in [-0.15, -0.1) is 0 Å². The van der Waals surface area contributed by atoms with Crippen LogP contribution in [0.3, 0.4) is 0 Å². The number of nitrogens with zero attached hydrogens (tertiary/aromatic N) is 3. The third kappa shape index (κ3) is 6.77. The van der Waals surface area contributed by atoms with E-state index in [0.717, 1.165) is 16.7 Å². The van der Waals surface area contributed by atoms with Crippen LogP contribution in [0.4, 0.5) is 0 Å². The molecular formula is C48H45N3. The summed E-state index contributed by atoms with van der Waals surface area (Å²) in [6.07, 6.45) is 0. The molecule has 0 radical (unpaired) electrons. The summed E-state index contributed by atoms with van der Waals surface area (Å²) >= 11 is 0. The van der Waals surface area contributed by atoms with Crippen LogP contribution in [0.25, 0.3) is 67.5 Å². The van der Waals surface area contributed by atoms with Gasteiger partial charge in [-0.1, -0.05) is 126 Å². The van der Waals surface area contributed by atoms with Gasteiger partial charge in [0.1, 0.15) is 0 Å². The minimum absolute atomic E-state index is 0.655. The highest BCUT2D eigenvalue weighted by Crippen LogP contribution is 2.34. The maximum atomic E-state index is 5.07. The number of hydrogen-bond acceptors (Lipinski definition) is 3. The van der Waals surface area contributed by atoms with Crippen LogP contribution in [-0.2, 0) is 0 Å². The molecule has 252 valence electrons. The van der Waals surface area contributed by atoms with E-state index < -0.39 is 0 Å². The van der Waals surface area contributed by atoms with Gasteiger partial charge in [-0.05, 0) is 129 Å². The lowest BCUT2D eigenvalue weighted by Gasteiger charge is -2.14. The maximum absolute atomic E-state index is 5.07. The van der Waals surface area contributed by atoms with Crippen LogP contribution in [0, 0.1) is 62.3 Å². The summed E-state index contributed by atoms with van der Waals surface area (Å²) in [5.74, 6) is 1.97. The van der Waals surface area contributed by atoms with Crippen LogP contribution in [0.1, 0.15) is 50.1 Å². The van der Waals surface area contributed by atoms with Crippen molar-refractivity contribution in [2.45, 2.75) is 62.3 Å². The van der Waals surface area contributed by atoms with Crippen molar-refractivity contribution in [3.05, 3.63) is 159 Å². The van der Waals surface area contributed by atoms with Crippen molar-refractivity contribution in [1.29, 1.82) is 0 Å². The van der Waals surface area contributed by atoms with Gasteiger partial charge in [0.25, 0.3) is 0 Å². The molecule has 0 N–H and O–H groups in total. The highest BCUT2D eigenvalue weighted by Gasteiger charge is 2.16. The van der Waals surface area contributed by atoms with Gasteiger partial charge in [0, 0.05) is 16.7 Å². The second-order valence-electron chi connectivity index (χ2n) is 14.4. The molecular weight excluding hydrogens is 619 g/mol. The highest BCUT2D eigenvalue weighted by atomic mass is 15.0. The predicted molar refractivity (Wildman–Crippen MR) is 215 cm³/mol. The van der Waals surface area contributed by atoms with Crippen molar-refractivity contribution in [1.82, 2.24) is 15.0 Å². The molecule has 3 nitrogen and oxygen atoms in total. The summed E-state index contributed by atoms with van der Waals surface area (Å²) in [4.78, 5) is 15.2. The number of aromatic nitrogens is 3. The summed E-state index contributed by atoms with van der Waals surface area (Å²) in [5, 5.41) is 0. The molecule has 0 fully saturated rings. The normalized spacial score (nSPS) is 11.2. The number of hydrogen-bond donors (Lipinski definition) is 0.